The van der Waals surface area contributed by atoms with Crippen LogP contribution in [0.5, 0.6) is 5.88 Å². The number of hydrogen-bond donors (Lipinski definition) is 1. The molecule has 1 saturated heterocycles. The van der Waals surface area contributed by atoms with Crippen LogP contribution in [0.1, 0.15) is 38.3 Å². The number of hydrogen-bond acceptors (Lipinski definition) is 4. The maximum atomic E-state index is 5.16. The summed E-state index contributed by atoms with van der Waals surface area (Å²) < 4.78 is 5.16. The Morgan fingerprint density at radius 3 is 2.55 bits per heavy atom. The molecule has 0 amide bonds. The first-order valence-electron chi connectivity index (χ1n) is 7.65. The van der Waals surface area contributed by atoms with Crippen LogP contribution in [0, 0.1) is 5.92 Å². The zero-order valence-electron chi connectivity index (χ0n) is 12.9. The second-order valence-corrected chi connectivity index (χ2v) is 5.91. The van der Waals surface area contributed by atoms with E-state index in [4.69, 9.17) is 4.74 Å². The molecule has 20 heavy (non-hydrogen) atoms. The van der Waals surface area contributed by atoms with Crippen molar-refractivity contribution in [2.45, 2.75) is 32.7 Å². The molecule has 4 nitrogen and oxygen atoms in total. The highest BCUT2D eigenvalue weighted by Gasteiger charge is 2.22. The van der Waals surface area contributed by atoms with E-state index in [1.165, 1.54) is 18.4 Å². The Bertz CT molecular complexity index is 385. The molecular formula is C16H27N3O. The van der Waals surface area contributed by atoms with Gasteiger partial charge in [-0.2, -0.15) is 0 Å². The summed E-state index contributed by atoms with van der Waals surface area (Å²) in [4.78, 5) is 6.96. The molecule has 4 heteroatoms. The monoisotopic (exact) mass is 277 g/mol. The Morgan fingerprint density at radius 1 is 1.25 bits per heavy atom. The molecule has 0 saturated carbocycles. The molecule has 0 aliphatic carbocycles. The lowest BCUT2D eigenvalue weighted by molar-refractivity contribution is 0.159. The average molecular weight is 277 g/mol. The minimum Gasteiger partial charge on any atom is -0.481 e. The summed E-state index contributed by atoms with van der Waals surface area (Å²) in [6.07, 6.45) is 4.43. The van der Waals surface area contributed by atoms with Crippen molar-refractivity contribution in [1.82, 2.24) is 15.2 Å². The number of methoxy groups -OCH3 is 1. The molecule has 0 unspecified atom stereocenters. The van der Waals surface area contributed by atoms with Crippen molar-refractivity contribution < 1.29 is 4.74 Å². The number of rotatable bonds is 6. The molecule has 0 bridgehead atoms. The van der Waals surface area contributed by atoms with Crippen LogP contribution in [0.2, 0.25) is 0 Å². The van der Waals surface area contributed by atoms with Crippen LogP contribution in [0.4, 0.5) is 0 Å². The van der Waals surface area contributed by atoms with E-state index in [-0.39, 0.29) is 0 Å². The van der Waals surface area contributed by atoms with Crippen LogP contribution in [0.3, 0.4) is 0 Å². The number of piperazine rings is 1. The second kappa shape index (κ2) is 7.60. The van der Waals surface area contributed by atoms with Gasteiger partial charge >= 0.3 is 0 Å². The van der Waals surface area contributed by atoms with Crippen LogP contribution >= 0.6 is 0 Å². The van der Waals surface area contributed by atoms with Gasteiger partial charge in [-0.05, 0) is 24.3 Å². The molecule has 0 aromatic carbocycles. The van der Waals surface area contributed by atoms with Crippen molar-refractivity contribution >= 4 is 0 Å². The van der Waals surface area contributed by atoms with Crippen LogP contribution in [-0.2, 0) is 0 Å². The molecule has 2 rings (SSSR count). The predicted molar refractivity (Wildman–Crippen MR) is 82.0 cm³/mol. The molecule has 2 heterocycles. The minimum atomic E-state index is 0.484. The van der Waals surface area contributed by atoms with E-state index in [9.17, 15) is 0 Å². The Morgan fingerprint density at radius 2 is 2.00 bits per heavy atom. The Balaban J connectivity index is 2.10. The lowest BCUT2D eigenvalue weighted by atomic mass is 9.97. The van der Waals surface area contributed by atoms with Crippen molar-refractivity contribution in [2.24, 2.45) is 5.92 Å². The van der Waals surface area contributed by atoms with Gasteiger partial charge in [-0.1, -0.05) is 19.9 Å². The zero-order chi connectivity index (χ0) is 14.4. The normalized spacial score (nSPS) is 18.2. The smallest absolute Gasteiger partial charge is 0.212 e. The van der Waals surface area contributed by atoms with Gasteiger partial charge in [-0.3, -0.25) is 4.90 Å². The second-order valence-electron chi connectivity index (χ2n) is 5.91. The number of pyridine rings is 1. The summed E-state index contributed by atoms with van der Waals surface area (Å²) in [7, 11) is 1.66. The van der Waals surface area contributed by atoms with Crippen molar-refractivity contribution in [3.63, 3.8) is 0 Å². The minimum absolute atomic E-state index is 0.484. The SMILES string of the molecule is COc1ccc([C@H](CCC(C)C)N2CCNCC2)cn1. The van der Waals surface area contributed by atoms with Crippen LogP contribution in [0.25, 0.3) is 0 Å². The molecule has 1 fully saturated rings. The number of nitrogens with zero attached hydrogens (tertiary/aromatic N) is 2. The van der Waals surface area contributed by atoms with Crippen LogP contribution in [-0.4, -0.2) is 43.2 Å². The average Bonchev–Trinajstić information content (AvgIpc) is 2.49. The van der Waals surface area contributed by atoms with E-state index in [0.29, 0.717) is 11.9 Å². The first kappa shape index (κ1) is 15.3. The number of nitrogens with one attached hydrogen (secondary N) is 1. The number of ether oxygens (including phenoxy) is 1. The molecule has 1 aliphatic rings. The fourth-order valence-corrected chi connectivity index (χ4v) is 2.75. The lowest BCUT2D eigenvalue weighted by Gasteiger charge is -2.35. The quantitative estimate of drug-likeness (QED) is 0.867. The first-order chi connectivity index (χ1) is 9.70. The largest absolute Gasteiger partial charge is 0.481 e. The Labute approximate surface area is 122 Å². The summed E-state index contributed by atoms with van der Waals surface area (Å²) in [5.74, 6) is 1.43. The standard InChI is InChI=1S/C16H27N3O/c1-13(2)4-6-15(19-10-8-17-9-11-19)14-5-7-16(20-3)18-12-14/h5,7,12-13,15,17H,4,6,8-11H2,1-3H3/t15-/m0/s1. The lowest BCUT2D eigenvalue weighted by Crippen LogP contribution is -2.45. The third kappa shape index (κ3) is 4.18. The fourth-order valence-electron chi connectivity index (χ4n) is 2.75. The first-order valence-corrected chi connectivity index (χ1v) is 7.65. The summed E-state index contributed by atoms with van der Waals surface area (Å²) in [6, 6.07) is 4.62. The highest BCUT2D eigenvalue weighted by atomic mass is 16.5. The van der Waals surface area contributed by atoms with E-state index in [2.05, 4.69) is 35.1 Å². The van der Waals surface area contributed by atoms with Gasteiger partial charge in [0.05, 0.1) is 7.11 Å². The van der Waals surface area contributed by atoms with Crippen molar-refractivity contribution in [1.29, 1.82) is 0 Å². The molecule has 0 spiro atoms. The summed E-state index contributed by atoms with van der Waals surface area (Å²) in [5, 5.41) is 3.43. The molecule has 0 radical (unpaired) electrons. The van der Waals surface area contributed by atoms with Gasteiger partial charge in [0.1, 0.15) is 0 Å². The molecule has 1 aromatic rings. The number of aromatic nitrogens is 1. The van der Waals surface area contributed by atoms with E-state index in [1.54, 1.807) is 7.11 Å². The summed E-state index contributed by atoms with van der Waals surface area (Å²) in [5.41, 5.74) is 1.31. The van der Waals surface area contributed by atoms with E-state index in [1.807, 2.05) is 12.3 Å². The predicted octanol–water partition coefficient (Wildman–Crippen LogP) is 2.47. The van der Waals surface area contributed by atoms with Gasteiger partial charge in [0, 0.05) is 44.5 Å². The summed E-state index contributed by atoms with van der Waals surface area (Å²) >= 11 is 0. The zero-order valence-corrected chi connectivity index (χ0v) is 12.9. The third-order valence-electron chi connectivity index (χ3n) is 3.96. The molecule has 1 aromatic heterocycles. The van der Waals surface area contributed by atoms with Crippen LogP contribution in [0.15, 0.2) is 18.3 Å². The van der Waals surface area contributed by atoms with E-state index in [0.717, 1.165) is 32.1 Å². The van der Waals surface area contributed by atoms with Gasteiger partial charge in [0.25, 0.3) is 0 Å². The maximum Gasteiger partial charge on any atom is 0.212 e. The molecule has 1 N–H and O–H groups in total. The van der Waals surface area contributed by atoms with Gasteiger partial charge in [0.15, 0.2) is 0 Å². The highest BCUT2D eigenvalue weighted by Crippen LogP contribution is 2.28. The topological polar surface area (TPSA) is 37.4 Å². The third-order valence-corrected chi connectivity index (χ3v) is 3.96. The van der Waals surface area contributed by atoms with Crippen molar-refractivity contribution in [3.05, 3.63) is 23.9 Å². The van der Waals surface area contributed by atoms with Crippen LogP contribution < -0.4 is 10.1 Å². The van der Waals surface area contributed by atoms with E-state index < -0.39 is 0 Å². The van der Waals surface area contributed by atoms with E-state index >= 15 is 0 Å². The van der Waals surface area contributed by atoms with Crippen molar-refractivity contribution in [2.75, 3.05) is 33.3 Å². The van der Waals surface area contributed by atoms with Gasteiger partial charge in [-0.15, -0.1) is 0 Å². The molecular weight excluding hydrogens is 250 g/mol. The van der Waals surface area contributed by atoms with Crippen molar-refractivity contribution in [3.8, 4) is 5.88 Å². The Hall–Kier alpha value is -1.13. The van der Waals surface area contributed by atoms with Gasteiger partial charge in [-0.25, -0.2) is 4.98 Å². The van der Waals surface area contributed by atoms with Gasteiger partial charge in [0.2, 0.25) is 5.88 Å². The molecule has 1 atom stereocenters. The molecule has 112 valence electrons. The summed E-state index contributed by atoms with van der Waals surface area (Å²) in [6.45, 7) is 9.00. The molecule has 1 aliphatic heterocycles. The fraction of sp³-hybridized carbons (Fsp3) is 0.688. The maximum absolute atomic E-state index is 5.16. The highest BCUT2D eigenvalue weighted by molar-refractivity contribution is 5.21. The van der Waals surface area contributed by atoms with Gasteiger partial charge < -0.3 is 10.1 Å². The Kier molecular flexibility index (Phi) is 5.80.